The van der Waals surface area contributed by atoms with Crippen LogP contribution in [-0.4, -0.2) is 40.8 Å². The summed E-state index contributed by atoms with van der Waals surface area (Å²) in [6, 6.07) is 18.8. The number of likely N-dealkylation sites (tertiary alicyclic amines) is 1. The molecule has 2 aromatic carbocycles. The fourth-order valence-electron chi connectivity index (χ4n) is 3.57. The second kappa shape index (κ2) is 8.31. The lowest BCUT2D eigenvalue weighted by Crippen LogP contribution is -2.36. The molecule has 6 heteroatoms. The Morgan fingerprint density at radius 3 is 2.34 bits per heavy atom. The first kappa shape index (κ1) is 18.9. The molecule has 1 fully saturated rings. The van der Waals surface area contributed by atoms with E-state index in [9.17, 15) is 9.59 Å². The quantitative estimate of drug-likeness (QED) is 0.672. The van der Waals surface area contributed by atoms with E-state index >= 15 is 0 Å². The van der Waals surface area contributed by atoms with Crippen LogP contribution in [0.3, 0.4) is 0 Å². The fourth-order valence-corrected chi connectivity index (χ4v) is 3.57. The summed E-state index contributed by atoms with van der Waals surface area (Å²) in [5.74, 6) is 0.651. The van der Waals surface area contributed by atoms with Gasteiger partial charge in [0.2, 0.25) is 5.91 Å². The number of hydrogen-bond acceptors (Lipinski definition) is 4. The molecule has 2 heterocycles. The van der Waals surface area contributed by atoms with Gasteiger partial charge in [-0.05, 0) is 36.6 Å². The van der Waals surface area contributed by atoms with E-state index in [1.807, 2.05) is 54.6 Å². The number of aromatic nitrogens is 2. The SMILES string of the molecule is COc1ccc(-c2cc(-c3ccccc3)nn(CC(=O)N3CCCC3)c2=O)cc1. The van der Waals surface area contributed by atoms with Crippen molar-refractivity contribution in [3.05, 3.63) is 71.0 Å². The van der Waals surface area contributed by atoms with Gasteiger partial charge >= 0.3 is 0 Å². The molecule has 0 aliphatic carbocycles. The van der Waals surface area contributed by atoms with E-state index in [0.717, 1.165) is 42.8 Å². The Hall–Kier alpha value is -3.41. The first-order chi connectivity index (χ1) is 14.2. The number of nitrogens with zero attached hydrogens (tertiary/aromatic N) is 3. The van der Waals surface area contributed by atoms with Gasteiger partial charge < -0.3 is 9.64 Å². The summed E-state index contributed by atoms with van der Waals surface area (Å²) in [7, 11) is 1.60. The Balaban J connectivity index is 1.78. The van der Waals surface area contributed by atoms with E-state index in [1.54, 1.807) is 18.1 Å². The number of amides is 1. The Morgan fingerprint density at radius 2 is 1.69 bits per heavy atom. The fraction of sp³-hybridized carbons (Fsp3) is 0.261. The summed E-state index contributed by atoms with van der Waals surface area (Å²) in [4.78, 5) is 27.6. The molecule has 0 bridgehead atoms. The van der Waals surface area contributed by atoms with Crippen LogP contribution >= 0.6 is 0 Å². The van der Waals surface area contributed by atoms with Gasteiger partial charge in [0, 0.05) is 18.7 Å². The van der Waals surface area contributed by atoms with Gasteiger partial charge in [0.05, 0.1) is 18.4 Å². The van der Waals surface area contributed by atoms with Crippen LogP contribution in [-0.2, 0) is 11.3 Å². The first-order valence-corrected chi connectivity index (χ1v) is 9.75. The van der Waals surface area contributed by atoms with E-state index < -0.39 is 0 Å². The molecule has 0 saturated carbocycles. The van der Waals surface area contributed by atoms with Crippen LogP contribution in [0.4, 0.5) is 0 Å². The maximum absolute atomic E-state index is 13.2. The standard InChI is InChI=1S/C23H23N3O3/c1-29-19-11-9-17(10-12-19)20-15-21(18-7-3-2-4-8-18)24-26(23(20)28)16-22(27)25-13-5-6-14-25/h2-4,7-12,15H,5-6,13-14,16H2,1H3. The van der Waals surface area contributed by atoms with Gasteiger partial charge in [0.1, 0.15) is 12.3 Å². The summed E-state index contributed by atoms with van der Waals surface area (Å²) in [5.41, 5.74) is 2.55. The molecule has 6 nitrogen and oxygen atoms in total. The summed E-state index contributed by atoms with van der Waals surface area (Å²) < 4.78 is 6.51. The predicted molar refractivity (Wildman–Crippen MR) is 112 cm³/mol. The van der Waals surface area contributed by atoms with Crippen LogP contribution in [0.15, 0.2) is 65.5 Å². The third kappa shape index (κ3) is 4.06. The number of carbonyl (C=O) groups excluding carboxylic acids is 1. The van der Waals surface area contributed by atoms with Gasteiger partial charge in [-0.25, -0.2) is 4.68 Å². The number of rotatable bonds is 5. The maximum Gasteiger partial charge on any atom is 0.275 e. The minimum absolute atomic E-state index is 0.0529. The van der Waals surface area contributed by atoms with Gasteiger partial charge in [0.25, 0.3) is 5.56 Å². The third-order valence-corrected chi connectivity index (χ3v) is 5.19. The molecule has 148 valence electrons. The van der Waals surface area contributed by atoms with E-state index in [0.29, 0.717) is 11.3 Å². The van der Waals surface area contributed by atoms with Crippen molar-refractivity contribution >= 4 is 5.91 Å². The minimum Gasteiger partial charge on any atom is -0.497 e. The lowest BCUT2D eigenvalue weighted by molar-refractivity contribution is -0.131. The maximum atomic E-state index is 13.2. The average Bonchev–Trinajstić information content (AvgIpc) is 3.31. The molecule has 1 aliphatic rings. The largest absolute Gasteiger partial charge is 0.497 e. The topological polar surface area (TPSA) is 64.4 Å². The first-order valence-electron chi connectivity index (χ1n) is 9.75. The van der Waals surface area contributed by atoms with E-state index in [4.69, 9.17) is 4.74 Å². The van der Waals surface area contributed by atoms with E-state index in [-0.39, 0.29) is 18.0 Å². The van der Waals surface area contributed by atoms with Gasteiger partial charge in [-0.15, -0.1) is 0 Å². The molecule has 0 N–H and O–H groups in total. The van der Waals surface area contributed by atoms with Gasteiger partial charge in [-0.1, -0.05) is 42.5 Å². The van der Waals surface area contributed by atoms with Crippen LogP contribution < -0.4 is 10.3 Å². The number of methoxy groups -OCH3 is 1. The van der Waals surface area contributed by atoms with E-state index in [1.165, 1.54) is 4.68 Å². The van der Waals surface area contributed by atoms with Gasteiger partial charge in [-0.2, -0.15) is 5.10 Å². The molecule has 29 heavy (non-hydrogen) atoms. The van der Waals surface area contributed by atoms with Crippen molar-refractivity contribution in [2.24, 2.45) is 0 Å². The van der Waals surface area contributed by atoms with Crippen LogP contribution in [0.5, 0.6) is 5.75 Å². The number of benzene rings is 2. The molecule has 0 atom stereocenters. The smallest absolute Gasteiger partial charge is 0.275 e. The minimum atomic E-state index is -0.276. The highest BCUT2D eigenvalue weighted by Gasteiger charge is 2.20. The number of ether oxygens (including phenoxy) is 1. The van der Waals surface area contributed by atoms with Crippen LogP contribution in [0, 0.1) is 0 Å². The Morgan fingerprint density at radius 1 is 1.00 bits per heavy atom. The Labute approximate surface area is 169 Å². The van der Waals surface area contributed by atoms with Gasteiger partial charge in [-0.3, -0.25) is 9.59 Å². The van der Waals surface area contributed by atoms with Crippen molar-refractivity contribution in [1.82, 2.24) is 14.7 Å². The number of hydrogen-bond donors (Lipinski definition) is 0. The zero-order chi connectivity index (χ0) is 20.2. The van der Waals surface area contributed by atoms with Crippen molar-refractivity contribution in [2.45, 2.75) is 19.4 Å². The Bertz CT molecular complexity index is 1050. The van der Waals surface area contributed by atoms with Crippen LogP contribution in [0.2, 0.25) is 0 Å². The average molecular weight is 389 g/mol. The van der Waals surface area contributed by atoms with E-state index in [2.05, 4.69) is 5.10 Å². The summed E-state index contributed by atoms with van der Waals surface area (Å²) in [6.07, 6.45) is 2.02. The van der Waals surface area contributed by atoms with Crippen molar-refractivity contribution < 1.29 is 9.53 Å². The molecule has 0 unspecified atom stereocenters. The van der Waals surface area contributed by atoms with Crippen LogP contribution in [0.25, 0.3) is 22.4 Å². The van der Waals surface area contributed by atoms with Crippen molar-refractivity contribution in [2.75, 3.05) is 20.2 Å². The molecule has 0 spiro atoms. The molecular weight excluding hydrogens is 366 g/mol. The highest BCUT2D eigenvalue weighted by molar-refractivity contribution is 5.77. The van der Waals surface area contributed by atoms with Crippen molar-refractivity contribution in [1.29, 1.82) is 0 Å². The molecule has 4 rings (SSSR count). The van der Waals surface area contributed by atoms with Gasteiger partial charge in [0.15, 0.2) is 0 Å². The normalized spacial score (nSPS) is 13.5. The second-order valence-electron chi connectivity index (χ2n) is 7.09. The molecule has 3 aromatic rings. The zero-order valence-corrected chi connectivity index (χ0v) is 16.4. The molecule has 1 amide bonds. The molecule has 0 radical (unpaired) electrons. The highest BCUT2D eigenvalue weighted by atomic mass is 16.5. The highest BCUT2D eigenvalue weighted by Crippen LogP contribution is 2.24. The molecular formula is C23H23N3O3. The Kier molecular flexibility index (Phi) is 5.42. The summed E-state index contributed by atoms with van der Waals surface area (Å²) in [6.45, 7) is 1.44. The molecule has 1 saturated heterocycles. The second-order valence-corrected chi connectivity index (χ2v) is 7.09. The number of carbonyl (C=O) groups is 1. The monoisotopic (exact) mass is 389 g/mol. The van der Waals surface area contributed by atoms with Crippen molar-refractivity contribution in [3.63, 3.8) is 0 Å². The lowest BCUT2D eigenvalue weighted by Gasteiger charge is -2.17. The summed E-state index contributed by atoms with van der Waals surface area (Å²) >= 11 is 0. The lowest BCUT2D eigenvalue weighted by atomic mass is 10.0. The molecule has 1 aromatic heterocycles. The zero-order valence-electron chi connectivity index (χ0n) is 16.4. The van der Waals surface area contributed by atoms with Crippen molar-refractivity contribution in [3.8, 4) is 28.1 Å². The summed E-state index contributed by atoms with van der Waals surface area (Å²) in [5, 5.41) is 4.51. The third-order valence-electron chi connectivity index (χ3n) is 5.19. The predicted octanol–water partition coefficient (Wildman–Crippen LogP) is 3.21. The van der Waals surface area contributed by atoms with Crippen LogP contribution in [0.1, 0.15) is 12.8 Å². The molecule has 1 aliphatic heterocycles.